The van der Waals surface area contributed by atoms with Crippen molar-refractivity contribution in [3.8, 4) is 0 Å². The lowest BCUT2D eigenvalue weighted by Gasteiger charge is -2.09. The molecule has 13 heavy (non-hydrogen) atoms. The normalized spacial score (nSPS) is 12.5. The van der Waals surface area contributed by atoms with Crippen molar-refractivity contribution in [2.75, 3.05) is 0 Å². The van der Waals surface area contributed by atoms with Crippen LogP contribution in [0.4, 0.5) is 0 Å². The van der Waals surface area contributed by atoms with E-state index in [4.69, 9.17) is 17.4 Å². The third-order valence-electron chi connectivity index (χ3n) is 1.66. The number of nitrogens with one attached hydrogen (secondary N) is 1. The third-order valence-corrected chi connectivity index (χ3v) is 1.86. The molecule has 0 saturated carbocycles. The maximum atomic E-state index is 10.9. The predicted octanol–water partition coefficient (Wildman–Crippen LogP) is 0.477. The van der Waals surface area contributed by atoms with Crippen LogP contribution >= 0.6 is 11.6 Å². The number of nitrogens with zero attached hydrogens (tertiary/aromatic N) is 2. The highest BCUT2D eigenvalue weighted by atomic mass is 35.5. The Balaban J connectivity index is 2.58. The second-order valence-electron chi connectivity index (χ2n) is 2.76. The number of carbonyl (C=O) groups is 1. The quantitative estimate of drug-likeness (QED) is 0.425. The van der Waals surface area contributed by atoms with E-state index >= 15 is 0 Å². The average molecular weight is 203 g/mol. The minimum Gasteiger partial charge on any atom is -0.294 e. The van der Waals surface area contributed by atoms with Gasteiger partial charge in [-0.05, 0) is 6.92 Å². The van der Waals surface area contributed by atoms with Gasteiger partial charge in [-0.3, -0.25) is 14.9 Å². The van der Waals surface area contributed by atoms with Crippen LogP contribution in [0.3, 0.4) is 0 Å². The van der Waals surface area contributed by atoms with Gasteiger partial charge in [0.1, 0.15) is 0 Å². The molecule has 1 amide bonds. The summed E-state index contributed by atoms with van der Waals surface area (Å²) in [7, 11) is 0. The van der Waals surface area contributed by atoms with Gasteiger partial charge in [-0.2, -0.15) is 5.10 Å². The molecule has 3 N–H and O–H groups in total. The summed E-state index contributed by atoms with van der Waals surface area (Å²) in [5, 5.41) is 4.52. The summed E-state index contributed by atoms with van der Waals surface area (Å²) in [6, 6.07) is -0.0453. The van der Waals surface area contributed by atoms with Crippen molar-refractivity contribution in [3.63, 3.8) is 0 Å². The van der Waals surface area contributed by atoms with E-state index in [1.54, 1.807) is 10.9 Å². The molecular weight excluding hydrogens is 192 g/mol. The van der Waals surface area contributed by atoms with Crippen LogP contribution in [0.2, 0.25) is 5.02 Å². The van der Waals surface area contributed by atoms with Crippen molar-refractivity contribution in [2.24, 2.45) is 5.84 Å². The molecule has 1 atom stereocenters. The maximum absolute atomic E-state index is 10.9. The smallest absolute Gasteiger partial charge is 0.236 e. The number of halogens is 1. The predicted molar refractivity (Wildman–Crippen MR) is 48.9 cm³/mol. The van der Waals surface area contributed by atoms with Crippen molar-refractivity contribution in [1.29, 1.82) is 0 Å². The lowest BCUT2D eigenvalue weighted by atomic mass is 10.2. The Labute approximate surface area is 80.8 Å². The fourth-order valence-corrected chi connectivity index (χ4v) is 1.12. The van der Waals surface area contributed by atoms with Gasteiger partial charge >= 0.3 is 0 Å². The summed E-state index contributed by atoms with van der Waals surface area (Å²) in [6.07, 6.45) is 3.48. The molecule has 1 aromatic rings. The Bertz CT molecular complexity index is 298. The molecule has 0 fully saturated rings. The van der Waals surface area contributed by atoms with Gasteiger partial charge in [0.15, 0.2) is 0 Å². The zero-order valence-electron chi connectivity index (χ0n) is 7.20. The summed E-state index contributed by atoms with van der Waals surface area (Å²) >= 11 is 5.67. The van der Waals surface area contributed by atoms with Gasteiger partial charge in [0.2, 0.25) is 5.91 Å². The molecule has 1 rings (SSSR count). The lowest BCUT2D eigenvalue weighted by molar-refractivity contribution is -0.121. The van der Waals surface area contributed by atoms with Gasteiger partial charge in [-0.1, -0.05) is 11.6 Å². The minimum atomic E-state index is -0.223. The average Bonchev–Trinajstić information content (AvgIpc) is 2.51. The van der Waals surface area contributed by atoms with Crippen molar-refractivity contribution >= 4 is 17.5 Å². The number of hydrogen-bond donors (Lipinski definition) is 2. The second kappa shape index (κ2) is 4.25. The van der Waals surface area contributed by atoms with Gasteiger partial charge in [-0.25, -0.2) is 5.84 Å². The Morgan fingerprint density at radius 3 is 3.08 bits per heavy atom. The highest BCUT2D eigenvalue weighted by Crippen LogP contribution is 2.13. The monoisotopic (exact) mass is 202 g/mol. The van der Waals surface area contributed by atoms with Gasteiger partial charge < -0.3 is 0 Å². The largest absolute Gasteiger partial charge is 0.294 e. The highest BCUT2D eigenvalue weighted by Gasteiger charge is 2.10. The highest BCUT2D eigenvalue weighted by molar-refractivity contribution is 6.30. The number of aromatic nitrogens is 2. The van der Waals surface area contributed by atoms with E-state index < -0.39 is 0 Å². The zero-order valence-corrected chi connectivity index (χ0v) is 7.95. The summed E-state index contributed by atoms with van der Waals surface area (Å²) < 4.78 is 1.62. The molecule has 72 valence electrons. The zero-order chi connectivity index (χ0) is 9.84. The number of hydrogen-bond acceptors (Lipinski definition) is 3. The first-order chi connectivity index (χ1) is 6.13. The van der Waals surface area contributed by atoms with Gasteiger partial charge in [-0.15, -0.1) is 0 Å². The van der Waals surface area contributed by atoms with Gasteiger partial charge in [0.05, 0.1) is 23.7 Å². The lowest BCUT2D eigenvalue weighted by Crippen LogP contribution is -2.31. The van der Waals surface area contributed by atoms with Crippen molar-refractivity contribution in [2.45, 2.75) is 19.4 Å². The molecule has 0 spiro atoms. The first-order valence-corrected chi connectivity index (χ1v) is 4.20. The molecule has 1 aromatic heterocycles. The minimum absolute atomic E-state index is 0.0453. The SMILES string of the molecule is CC(CC(=O)NN)n1cc(Cl)cn1. The van der Waals surface area contributed by atoms with Crippen LogP contribution in [0.15, 0.2) is 12.4 Å². The number of rotatable bonds is 3. The molecule has 6 heteroatoms. The van der Waals surface area contributed by atoms with E-state index in [0.717, 1.165) is 0 Å². The van der Waals surface area contributed by atoms with Crippen LogP contribution in [-0.4, -0.2) is 15.7 Å². The number of amides is 1. The summed E-state index contributed by atoms with van der Waals surface area (Å²) in [5.41, 5.74) is 2.06. The van der Waals surface area contributed by atoms with Crippen molar-refractivity contribution in [1.82, 2.24) is 15.2 Å². The van der Waals surface area contributed by atoms with Crippen LogP contribution in [-0.2, 0) is 4.79 Å². The molecule has 5 nitrogen and oxygen atoms in total. The molecule has 1 unspecified atom stereocenters. The van der Waals surface area contributed by atoms with E-state index in [-0.39, 0.29) is 18.4 Å². The Hall–Kier alpha value is -1.07. The molecule has 0 aromatic carbocycles. The first-order valence-electron chi connectivity index (χ1n) is 3.82. The van der Waals surface area contributed by atoms with E-state index in [9.17, 15) is 4.79 Å². The summed E-state index contributed by atoms with van der Waals surface area (Å²) in [4.78, 5) is 10.9. The van der Waals surface area contributed by atoms with E-state index in [0.29, 0.717) is 5.02 Å². The van der Waals surface area contributed by atoms with E-state index in [1.807, 2.05) is 6.92 Å². The van der Waals surface area contributed by atoms with Gasteiger partial charge in [0, 0.05) is 6.20 Å². The Morgan fingerprint density at radius 1 is 1.92 bits per heavy atom. The fourth-order valence-electron chi connectivity index (χ4n) is 0.977. The number of carbonyl (C=O) groups excluding carboxylic acids is 1. The summed E-state index contributed by atoms with van der Waals surface area (Å²) in [5.74, 6) is 4.73. The van der Waals surface area contributed by atoms with Gasteiger partial charge in [0.25, 0.3) is 0 Å². The molecule has 0 saturated heterocycles. The Morgan fingerprint density at radius 2 is 2.62 bits per heavy atom. The molecule has 0 bridgehead atoms. The van der Waals surface area contributed by atoms with Crippen LogP contribution in [0.1, 0.15) is 19.4 Å². The number of hydrazine groups is 1. The first kappa shape index (κ1) is 10.0. The maximum Gasteiger partial charge on any atom is 0.236 e. The van der Waals surface area contributed by atoms with Crippen LogP contribution in [0, 0.1) is 0 Å². The number of nitrogens with two attached hydrogens (primary N) is 1. The molecule has 0 aliphatic rings. The molecule has 1 heterocycles. The van der Waals surface area contributed by atoms with Crippen LogP contribution in [0.25, 0.3) is 0 Å². The van der Waals surface area contributed by atoms with E-state index in [2.05, 4.69) is 10.5 Å². The van der Waals surface area contributed by atoms with Crippen LogP contribution < -0.4 is 11.3 Å². The molecule has 0 radical (unpaired) electrons. The third kappa shape index (κ3) is 2.71. The van der Waals surface area contributed by atoms with Crippen molar-refractivity contribution < 1.29 is 4.79 Å². The Kier molecular flexibility index (Phi) is 3.27. The van der Waals surface area contributed by atoms with Crippen LogP contribution in [0.5, 0.6) is 0 Å². The molecular formula is C7H11ClN4O. The standard InChI is InChI=1S/C7H11ClN4O/c1-5(2-7(13)11-9)12-4-6(8)3-10-12/h3-5H,2,9H2,1H3,(H,11,13). The summed E-state index contributed by atoms with van der Waals surface area (Å²) in [6.45, 7) is 1.86. The topological polar surface area (TPSA) is 72.9 Å². The fraction of sp³-hybridized carbons (Fsp3) is 0.429. The second-order valence-corrected chi connectivity index (χ2v) is 3.20. The molecule has 0 aliphatic carbocycles. The van der Waals surface area contributed by atoms with E-state index in [1.165, 1.54) is 6.20 Å². The molecule has 0 aliphatic heterocycles. The van der Waals surface area contributed by atoms with Crippen molar-refractivity contribution in [3.05, 3.63) is 17.4 Å².